The molecule has 0 saturated carbocycles. The van der Waals surface area contributed by atoms with Gasteiger partial charge in [-0.2, -0.15) is 0 Å². The van der Waals surface area contributed by atoms with Gasteiger partial charge in [-0.25, -0.2) is 13.2 Å². The van der Waals surface area contributed by atoms with Gasteiger partial charge in [-0.05, 0) is 57.3 Å². The Hall–Kier alpha value is -2.74. The Labute approximate surface area is 182 Å². The summed E-state index contributed by atoms with van der Waals surface area (Å²) in [5.41, 5.74) is 0.931. The van der Waals surface area contributed by atoms with Gasteiger partial charge in [0.1, 0.15) is 17.5 Å². The third-order valence-corrected chi connectivity index (χ3v) is 5.65. The van der Waals surface area contributed by atoms with E-state index in [-0.39, 0.29) is 17.4 Å². The first-order valence-corrected chi connectivity index (χ1v) is 10.5. The Kier molecular flexibility index (Phi) is 7.79. The van der Waals surface area contributed by atoms with Crippen LogP contribution in [0.2, 0.25) is 0 Å². The Balaban J connectivity index is 1.56. The molecule has 3 rings (SSSR count). The fourth-order valence-corrected chi connectivity index (χ4v) is 3.91. The van der Waals surface area contributed by atoms with E-state index in [0.717, 1.165) is 31.6 Å². The molecule has 1 unspecified atom stereocenters. The van der Waals surface area contributed by atoms with Crippen molar-refractivity contribution in [3.63, 3.8) is 0 Å². The van der Waals surface area contributed by atoms with Crippen molar-refractivity contribution in [1.82, 2.24) is 15.5 Å². The summed E-state index contributed by atoms with van der Waals surface area (Å²) in [7, 11) is 5.25. The van der Waals surface area contributed by atoms with Crippen molar-refractivity contribution in [2.24, 2.45) is 4.99 Å². The molecule has 0 amide bonds. The molecular formula is C23H30F3N5. The van der Waals surface area contributed by atoms with Gasteiger partial charge < -0.3 is 20.4 Å². The molecule has 2 aromatic rings. The molecule has 1 saturated heterocycles. The van der Waals surface area contributed by atoms with Crippen LogP contribution in [0.4, 0.5) is 18.9 Å². The molecule has 31 heavy (non-hydrogen) atoms. The second kappa shape index (κ2) is 10.5. The number of piperidine rings is 1. The highest BCUT2D eigenvalue weighted by Gasteiger charge is 2.24. The minimum atomic E-state index is -0.562. The Morgan fingerprint density at radius 2 is 1.74 bits per heavy atom. The lowest BCUT2D eigenvalue weighted by atomic mass is 10.0. The topological polar surface area (TPSA) is 42.9 Å². The molecule has 2 aromatic carbocycles. The highest BCUT2D eigenvalue weighted by atomic mass is 19.1. The number of halogens is 3. The van der Waals surface area contributed by atoms with Crippen molar-refractivity contribution in [3.05, 3.63) is 65.5 Å². The summed E-state index contributed by atoms with van der Waals surface area (Å²) in [6.07, 6.45) is 1.74. The number of rotatable bonds is 6. The average Bonchev–Trinajstić information content (AvgIpc) is 2.75. The predicted octanol–water partition coefficient (Wildman–Crippen LogP) is 3.54. The molecule has 8 heteroatoms. The van der Waals surface area contributed by atoms with Gasteiger partial charge in [0.25, 0.3) is 0 Å². The standard InChI is InChI=1S/C23H30F3N5/c1-27-23(28-15-21(30(2)3)22-19(25)8-5-9-20(22)26)29-17-10-12-31(13-11-17)18-7-4-6-16(24)14-18/h4-9,14,17,21H,10-13,15H2,1-3H3,(H2,27,28,29). The largest absolute Gasteiger partial charge is 0.371 e. The van der Waals surface area contributed by atoms with Crippen LogP contribution in [-0.4, -0.2) is 57.7 Å². The monoisotopic (exact) mass is 433 g/mol. The first-order chi connectivity index (χ1) is 14.9. The van der Waals surface area contributed by atoms with E-state index < -0.39 is 17.7 Å². The van der Waals surface area contributed by atoms with Crippen molar-refractivity contribution in [1.29, 1.82) is 0 Å². The van der Waals surface area contributed by atoms with Gasteiger partial charge >= 0.3 is 0 Å². The number of benzene rings is 2. The van der Waals surface area contributed by atoms with Crippen LogP contribution in [0.5, 0.6) is 0 Å². The normalized spacial score (nSPS) is 16.5. The van der Waals surface area contributed by atoms with Crippen LogP contribution in [0.15, 0.2) is 47.5 Å². The number of anilines is 1. The van der Waals surface area contributed by atoms with E-state index in [9.17, 15) is 13.2 Å². The number of hydrogen-bond donors (Lipinski definition) is 2. The lowest BCUT2D eigenvalue weighted by molar-refractivity contribution is 0.282. The summed E-state index contributed by atoms with van der Waals surface area (Å²) in [6.45, 7) is 1.91. The van der Waals surface area contributed by atoms with Crippen LogP contribution >= 0.6 is 0 Å². The lowest BCUT2D eigenvalue weighted by Crippen LogP contribution is -2.50. The lowest BCUT2D eigenvalue weighted by Gasteiger charge is -2.35. The average molecular weight is 434 g/mol. The molecular weight excluding hydrogens is 403 g/mol. The minimum Gasteiger partial charge on any atom is -0.371 e. The van der Waals surface area contributed by atoms with E-state index in [0.29, 0.717) is 12.5 Å². The van der Waals surface area contributed by atoms with Crippen molar-refractivity contribution >= 4 is 11.6 Å². The molecule has 2 N–H and O–H groups in total. The first kappa shape index (κ1) is 22.9. The van der Waals surface area contributed by atoms with Crippen molar-refractivity contribution in [3.8, 4) is 0 Å². The van der Waals surface area contributed by atoms with E-state index in [1.165, 1.54) is 24.3 Å². The number of nitrogens with zero attached hydrogens (tertiary/aromatic N) is 3. The highest BCUT2D eigenvalue weighted by molar-refractivity contribution is 5.80. The molecule has 0 spiro atoms. The third-order valence-electron chi connectivity index (χ3n) is 5.65. The van der Waals surface area contributed by atoms with Crippen LogP contribution in [0.3, 0.4) is 0 Å². The fourth-order valence-electron chi connectivity index (χ4n) is 3.91. The van der Waals surface area contributed by atoms with E-state index in [2.05, 4.69) is 20.5 Å². The van der Waals surface area contributed by atoms with Crippen molar-refractivity contribution in [2.45, 2.75) is 24.9 Å². The summed E-state index contributed by atoms with van der Waals surface area (Å²) >= 11 is 0. The van der Waals surface area contributed by atoms with Gasteiger partial charge in [-0.1, -0.05) is 12.1 Å². The SMILES string of the molecule is CN=C(NCC(c1c(F)cccc1F)N(C)C)NC1CCN(c2cccc(F)c2)CC1. The van der Waals surface area contributed by atoms with Crippen LogP contribution in [0, 0.1) is 17.5 Å². The van der Waals surface area contributed by atoms with E-state index in [1.54, 1.807) is 38.2 Å². The Bertz CT molecular complexity index is 874. The Morgan fingerprint density at radius 3 is 2.32 bits per heavy atom. The summed E-state index contributed by atoms with van der Waals surface area (Å²) in [6, 6.07) is 10.3. The second-order valence-corrected chi connectivity index (χ2v) is 7.95. The summed E-state index contributed by atoms with van der Waals surface area (Å²) in [5.74, 6) is -0.766. The molecule has 0 radical (unpaired) electrons. The Morgan fingerprint density at radius 1 is 1.10 bits per heavy atom. The van der Waals surface area contributed by atoms with Gasteiger partial charge in [0, 0.05) is 44.0 Å². The molecule has 1 fully saturated rings. The van der Waals surface area contributed by atoms with E-state index in [1.807, 2.05) is 6.07 Å². The van der Waals surface area contributed by atoms with Gasteiger partial charge in [0.2, 0.25) is 0 Å². The number of likely N-dealkylation sites (N-methyl/N-ethyl adjacent to an activating group) is 1. The maximum Gasteiger partial charge on any atom is 0.191 e. The summed E-state index contributed by atoms with van der Waals surface area (Å²) < 4.78 is 42.0. The fraction of sp³-hybridized carbons (Fsp3) is 0.435. The number of aliphatic imine (C=N–C) groups is 1. The van der Waals surface area contributed by atoms with Gasteiger partial charge in [-0.3, -0.25) is 4.99 Å². The number of guanidine groups is 1. The first-order valence-electron chi connectivity index (χ1n) is 10.5. The third kappa shape index (κ3) is 5.91. The molecule has 1 aliphatic rings. The molecule has 168 valence electrons. The van der Waals surface area contributed by atoms with Crippen molar-refractivity contribution < 1.29 is 13.2 Å². The van der Waals surface area contributed by atoms with E-state index >= 15 is 0 Å². The van der Waals surface area contributed by atoms with Crippen LogP contribution < -0.4 is 15.5 Å². The van der Waals surface area contributed by atoms with Crippen LogP contribution in [0.1, 0.15) is 24.4 Å². The zero-order valence-corrected chi connectivity index (χ0v) is 18.2. The van der Waals surface area contributed by atoms with E-state index in [4.69, 9.17) is 0 Å². The van der Waals surface area contributed by atoms with Gasteiger partial charge in [0.15, 0.2) is 5.96 Å². The second-order valence-electron chi connectivity index (χ2n) is 7.95. The molecule has 0 bridgehead atoms. The zero-order valence-electron chi connectivity index (χ0n) is 18.2. The van der Waals surface area contributed by atoms with Crippen LogP contribution in [-0.2, 0) is 0 Å². The maximum atomic E-state index is 14.3. The quantitative estimate of drug-likeness (QED) is 0.540. The number of nitrogens with one attached hydrogen (secondary N) is 2. The predicted molar refractivity (Wildman–Crippen MR) is 119 cm³/mol. The highest BCUT2D eigenvalue weighted by Crippen LogP contribution is 2.24. The van der Waals surface area contributed by atoms with Crippen LogP contribution in [0.25, 0.3) is 0 Å². The molecule has 1 atom stereocenters. The smallest absolute Gasteiger partial charge is 0.191 e. The maximum absolute atomic E-state index is 14.3. The van der Waals surface area contributed by atoms with Gasteiger partial charge in [0.05, 0.1) is 6.04 Å². The molecule has 1 aliphatic heterocycles. The van der Waals surface area contributed by atoms with Crippen molar-refractivity contribution in [2.75, 3.05) is 45.7 Å². The minimum absolute atomic E-state index is 0.0406. The summed E-state index contributed by atoms with van der Waals surface area (Å²) in [5, 5.41) is 6.60. The number of hydrogen-bond acceptors (Lipinski definition) is 3. The zero-order chi connectivity index (χ0) is 22.4. The molecule has 0 aromatic heterocycles. The van der Waals surface area contributed by atoms with Gasteiger partial charge in [-0.15, -0.1) is 0 Å². The molecule has 1 heterocycles. The molecule has 0 aliphatic carbocycles. The molecule has 5 nitrogen and oxygen atoms in total. The summed E-state index contributed by atoms with van der Waals surface area (Å²) in [4.78, 5) is 8.21.